The fourth-order valence-corrected chi connectivity index (χ4v) is 5.13. The van der Waals surface area contributed by atoms with Crippen LogP contribution >= 0.6 is 0 Å². The SMILES string of the molecule is Cc1ccc(S(=O)(=O)Nc2ccc3c(c2)nc(CN2CCN(C(=O)C(C)C)CC2)n3C)cc1. The molecule has 0 radical (unpaired) electrons. The molecular formula is C24H31N5O3S. The summed E-state index contributed by atoms with van der Waals surface area (Å²) < 4.78 is 30.2. The van der Waals surface area contributed by atoms with Crippen molar-refractivity contribution in [1.82, 2.24) is 19.4 Å². The molecule has 1 N–H and O–H groups in total. The number of carbonyl (C=O) groups is 1. The molecule has 1 aliphatic heterocycles. The maximum Gasteiger partial charge on any atom is 0.261 e. The van der Waals surface area contributed by atoms with Crippen molar-refractivity contribution in [2.45, 2.75) is 32.2 Å². The van der Waals surface area contributed by atoms with Gasteiger partial charge in [0.1, 0.15) is 5.82 Å². The van der Waals surface area contributed by atoms with Crippen molar-refractivity contribution in [2.75, 3.05) is 30.9 Å². The van der Waals surface area contributed by atoms with Crippen LogP contribution in [0.1, 0.15) is 25.2 Å². The number of aryl methyl sites for hydroxylation is 2. The molecule has 0 aliphatic carbocycles. The highest BCUT2D eigenvalue weighted by Crippen LogP contribution is 2.23. The molecule has 4 rings (SSSR count). The lowest BCUT2D eigenvalue weighted by Gasteiger charge is -2.35. The molecule has 1 saturated heterocycles. The minimum absolute atomic E-state index is 0.0222. The van der Waals surface area contributed by atoms with Crippen LogP contribution in [-0.4, -0.2) is 59.9 Å². The van der Waals surface area contributed by atoms with E-state index in [1.165, 1.54) is 0 Å². The van der Waals surface area contributed by atoms with Crippen LogP contribution in [0.5, 0.6) is 0 Å². The lowest BCUT2D eigenvalue weighted by Crippen LogP contribution is -2.49. The molecule has 0 bridgehead atoms. The van der Waals surface area contributed by atoms with Crippen LogP contribution < -0.4 is 4.72 Å². The highest BCUT2D eigenvalue weighted by atomic mass is 32.2. The molecule has 9 heteroatoms. The van der Waals surface area contributed by atoms with Gasteiger partial charge in [0.15, 0.2) is 0 Å². The molecule has 1 aliphatic rings. The van der Waals surface area contributed by atoms with E-state index in [1.54, 1.807) is 36.4 Å². The number of sulfonamides is 1. The van der Waals surface area contributed by atoms with Gasteiger partial charge in [0.05, 0.1) is 28.2 Å². The van der Waals surface area contributed by atoms with Crippen LogP contribution in [0.25, 0.3) is 11.0 Å². The third-order valence-electron chi connectivity index (χ3n) is 6.10. The number of rotatable bonds is 6. The zero-order chi connectivity index (χ0) is 23.8. The summed E-state index contributed by atoms with van der Waals surface area (Å²) in [5.41, 5.74) is 3.17. The van der Waals surface area contributed by atoms with E-state index in [2.05, 4.69) is 9.62 Å². The van der Waals surface area contributed by atoms with Crippen LogP contribution in [-0.2, 0) is 28.4 Å². The van der Waals surface area contributed by atoms with Crippen LogP contribution in [0.4, 0.5) is 5.69 Å². The first-order chi connectivity index (χ1) is 15.6. The van der Waals surface area contributed by atoms with Gasteiger partial charge in [0.2, 0.25) is 5.91 Å². The molecule has 2 aromatic carbocycles. The monoisotopic (exact) mass is 469 g/mol. The Bertz CT molecular complexity index is 1260. The zero-order valence-corrected chi connectivity index (χ0v) is 20.4. The lowest BCUT2D eigenvalue weighted by atomic mass is 10.1. The quantitative estimate of drug-likeness (QED) is 0.600. The van der Waals surface area contributed by atoms with E-state index in [0.29, 0.717) is 12.2 Å². The number of anilines is 1. The molecule has 176 valence electrons. The van der Waals surface area contributed by atoms with Crippen molar-refractivity contribution in [3.05, 3.63) is 53.9 Å². The molecule has 33 heavy (non-hydrogen) atoms. The number of imidazole rings is 1. The first-order valence-electron chi connectivity index (χ1n) is 11.2. The van der Waals surface area contributed by atoms with E-state index in [-0.39, 0.29) is 16.7 Å². The molecule has 1 fully saturated rings. The van der Waals surface area contributed by atoms with E-state index in [4.69, 9.17) is 4.98 Å². The first-order valence-corrected chi connectivity index (χ1v) is 12.7. The van der Waals surface area contributed by atoms with Crippen molar-refractivity contribution in [2.24, 2.45) is 13.0 Å². The van der Waals surface area contributed by atoms with Crippen molar-refractivity contribution >= 4 is 32.7 Å². The molecule has 3 aromatic rings. The average molecular weight is 470 g/mol. The molecule has 8 nitrogen and oxygen atoms in total. The highest BCUT2D eigenvalue weighted by Gasteiger charge is 2.24. The Hall–Kier alpha value is -2.91. The summed E-state index contributed by atoms with van der Waals surface area (Å²) in [6.45, 7) is 9.54. The molecule has 0 spiro atoms. The van der Waals surface area contributed by atoms with E-state index in [9.17, 15) is 13.2 Å². The highest BCUT2D eigenvalue weighted by molar-refractivity contribution is 7.92. The predicted octanol–water partition coefficient (Wildman–Crippen LogP) is 2.98. The number of amides is 1. The largest absolute Gasteiger partial charge is 0.340 e. The van der Waals surface area contributed by atoms with Gasteiger partial charge in [-0.2, -0.15) is 0 Å². The summed E-state index contributed by atoms with van der Waals surface area (Å²) >= 11 is 0. The Morgan fingerprint density at radius 2 is 1.73 bits per heavy atom. The van der Waals surface area contributed by atoms with Gasteiger partial charge < -0.3 is 9.47 Å². The normalized spacial score (nSPS) is 15.4. The summed E-state index contributed by atoms with van der Waals surface area (Å²) in [4.78, 5) is 21.4. The second kappa shape index (κ2) is 9.15. The minimum atomic E-state index is -3.67. The van der Waals surface area contributed by atoms with Gasteiger partial charge in [-0.1, -0.05) is 31.5 Å². The van der Waals surface area contributed by atoms with Gasteiger partial charge in [-0.15, -0.1) is 0 Å². The fourth-order valence-electron chi connectivity index (χ4n) is 4.08. The number of carbonyl (C=O) groups excluding carboxylic acids is 1. The molecule has 1 aromatic heterocycles. The Labute approximate surface area is 195 Å². The maximum absolute atomic E-state index is 12.7. The van der Waals surface area contributed by atoms with Gasteiger partial charge in [0, 0.05) is 39.1 Å². The summed E-state index contributed by atoms with van der Waals surface area (Å²) in [6, 6.07) is 12.2. The Morgan fingerprint density at radius 3 is 2.36 bits per heavy atom. The average Bonchev–Trinajstić information content (AvgIpc) is 3.08. The smallest absolute Gasteiger partial charge is 0.261 e. The van der Waals surface area contributed by atoms with Gasteiger partial charge in [-0.25, -0.2) is 13.4 Å². The number of aromatic nitrogens is 2. The number of hydrogen-bond donors (Lipinski definition) is 1. The second-order valence-electron chi connectivity index (χ2n) is 8.97. The van der Waals surface area contributed by atoms with Gasteiger partial charge in [0.25, 0.3) is 10.0 Å². The molecule has 0 saturated carbocycles. The van der Waals surface area contributed by atoms with Crippen LogP contribution in [0.3, 0.4) is 0 Å². The molecule has 0 unspecified atom stereocenters. The van der Waals surface area contributed by atoms with Crippen molar-refractivity contribution in [3.63, 3.8) is 0 Å². The number of piperazine rings is 1. The number of hydrogen-bond acceptors (Lipinski definition) is 5. The van der Waals surface area contributed by atoms with Gasteiger partial charge >= 0.3 is 0 Å². The summed E-state index contributed by atoms with van der Waals surface area (Å²) in [6.07, 6.45) is 0. The van der Waals surface area contributed by atoms with Crippen LogP contribution in [0, 0.1) is 12.8 Å². The number of nitrogens with zero attached hydrogens (tertiary/aromatic N) is 4. The summed E-state index contributed by atoms with van der Waals surface area (Å²) in [5, 5.41) is 0. The molecule has 2 heterocycles. The van der Waals surface area contributed by atoms with Crippen LogP contribution in [0.2, 0.25) is 0 Å². The lowest BCUT2D eigenvalue weighted by molar-refractivity contribution is -0.136. The number of benzene rings is 2. The number of fused-ring (bicyclic) bond motifs is 1. The summed E-state index contributed by atoms with van der Waals surface area (Å²) in [5.74, 6) is 1.14. The second-order valence-corrected chi connectivity index (χ2v) is 10.6. The summed E-state index contributed by atoms with van der Waals surface area (Å²) in [7, 11) is -1.70. The Kier molecular flexibility index (Phi) is 6.45. The minimum Gasteiger partial charge on any atom is -0.340 e. The van der Waals surface area contributed by atoms with Crippen molar-refractivity contribution < 1.29 is 13.2 Å². The fraction of sp³-hybridized carbons (Fsp3) is 0.417. The molecule has 0 atom stereocenters. The molecular weight excluding hydrogens is 438 g/mol. The van der Waals surface area contributed by atoms with Gasteiger partial charge in [-0.3, -0.25) is 14.4 Å². The Balaban J connectivity index is 1.47. The number of nitrogens with one attached hydrogen (secondary N) is 1. The first kappa shape index (κ1) is 23.3. The third-order valence-corrected chi connectivity index (χ3v) is 7.50. The molecule has 1 amide bonds. The van der Waals surface area contributed by atoms with Gasteiger partial charge in [-0.05, 0) is 37.3 Å². The van der Waals surface area contributed by atoms with E-state index < -0.39 is 10.0 Å². The van der Waals surface area contributed by atoms with Crippen LogP contribution in [0.15, 0.2) is 47.4 Å². The maximum atomic E-state index is 12.7. The van der Waals surface area contributed by atoms with Crippen molar-refractivity contribution in [3.8, 4) is 0 Å². The predicted molar refractivity (Wildman–Crippen MR) is 129 cm³/mol. The zero-order valence-electron chi connectivity index (χ0n) is 19.6. The third kappa shape index (κ3) is 5.04. The standard InChI is InChI=1S/C24H31N5O3S/c1-17(2)24(30)29-13-11-28(12-14-29)16-23-25-21-15-19(7-10-22(21)27(23)4)26-33(31,32)20-8-5-18(3)6-9-20/h5-10,15,17,26H,11-14,16H2,1-4H3. The Morgan fingerprint density at radius 1 is 1.06 bits per heavy atom. The van der Waals surface area contributed by atoms with E-state index in [1.807, 2.05) is 43.4 Å². The van der Waals surface area contributed by atoms with Crippen molar-refractivity contribution in [1.29, 1.82) is 0 Å². The van der Waals surface area contributed by atoms with E-state index in [0.717, 1.165) is 48.6 Å². The van der Waals surface area contributed by atoms with E-state index >= 15 is 0 Å². The topological polar surface area (TPSA) is 87.5 Å².